The number of carbonyl (C=O) groups is 1. The third kappa shape index (κ3) is 2.14. The molecule has 2 aliphatic heterocycles. The first-order chi connectivity index (χ1) is 8.74. The molecule has 1 aromatic rings. The summed E-state index contributed by atoms with van der Waals surface area (Å²) in [6, 6.07) is 0.570. The second kappa shape index (κ2) is 4.72. The Bertz CT molecular complexity index is 436. The van der Waals surface area contributed by atoms with E-state index in [4.69, 9.17) is 0 Å². The quantitative estimate of drug-likeness (QED) is 0.850. The first-order valence-electron chi connectivity index (χ1n) is 6.79. The van der Waals surface area contributed by atoms with Gasteiger partial charge in [-0.25, -0.2) is 4.98 Å². The number of amides is 1. The number of imidazole rings is 1. The molecule has 5 nitrogen and oxygen atoms in total. The minimum atomic E-state index is 0.0947. The molecule has 3 rings (SSSR count). The second-order valence-corrected chi connectivity index (χ2v) is 5.32. The van der Waals surface area contributed by atoms with Gasteiger partial charge >= 0.3 is 0 Å². The van der Waals surface area contributed by atoms with Gasteiger partial charge in [0.15, 0.2) is 0 Å². The highest BCUT2D eigenvalue weighted by molar-refractivity contribution is 5.92. The van der Waals surface area contributed by atoms with Gasteiger partial charge in [-0.05, 0) is 39.3 Å². The van der Waals surface area contributed by atoms with Crippen LogP contribution < -0.4 is 0 Å². The number of likely N-dealkylation sites (tertiary alicyclic amines) is 2. The summed E-state index contributed by atoms with van der Waals surface area (Å²) in [7, 11) is 0. The van der Waals surface area contributed by atoms with Crippen molar-refractivity contribution in [2.75, 3.05) is 26.2 Å². The molecule has 18 heavy (non-hydrogen) atoms. The maximum absolute atomic E-state index is 12.3. The fourth-order valence-electron chi connectivity index (χ4n) is 3.03. The van der Waals surface area contributed by atoms with Gasteiger partial charge in [-0.15, -0.1) is 0 Å². The molecule has 1 amide bonds. The average molecular weight is 248 g/mol. The predicted octanol–water partition coefficient (Wildman–Crippen LogP) is 1.03. The van der Waals surface area contributed by atoms with Gasteiger partial charge in [0, 0.05) is 19.1 Å². The molecule has 1 aromatic heterocycles. The summed E-state index contributed by atoms with van der Waals surface area (Å²) in [5.41, 5.74) is 0.620. The maximum atomic E-state index is 12.3. The minimum absolute atomic E-state index is 0.0947. The molecule has 0 radical (unpaired) electrons. The topological polar surface area (TPSA) is 52.2 Å². The molecule has 98 valence electrons. The highest BCUT2D eigenvalue weighted by Gasteiger charge is 2.32. The lowest BCUT2D eigenvalue weighted by Crippen LogP contribution is -2.37. The summed E-state index contributed by atoms with van der Waals surface area (Å²) < 4.78 is 0. The van der Waals surface area contributed by atoms with E-state index in [1.54, 1.807) is 6.20 Å². The lowest BCUT2D eigenvalue weighted by atomic mass is 10.2. The lowest BCUT2D eigenvalue weighted by Gasteiger charge is -2.23. The van der Waals surface area contributed by atoms with Crippen molar-refractivity contribution < 1.29 is 4.79 Å². The minimum Gasteiger partial charge on any atom is -0.338 e. The van der Waals surface area contributed by atoms with Crippen LogP contribution in [0.4, 0.5) is 0 Å². The second-order valence-electron chi connectivity index (χ2n) is 5.32. The SMILES string of the molecule is Cc1ncc(C(=O)N2CCC(N3CCCC3)C2)[nH]1. The first-order valence-corrected chi connectivity index (χ1v) is 6.79. The number of aryl methyl sites for hydroxylation is 1. The summed E-state index contributed by atoms with van der Waals surface area (Å²) >= 11 is 0. The summed E-state index contributed by atoms with van der Waals surface area (Å²) in [6.45, 7) is 6.02. The summed E-state index contributed by atoms with van der Waals surface area (Å²) in [6.07, 6.45) is 5.37. The lowest BCUT2D eigenvalue weighted by molar-refractivity contribution is 0.0774. The summed E-state index contributed by atoms with van der Waals surface area (Å²) in [5, 5.41) is 0. The Balaban J connectivity index is 1.63. The van der Waals surface area contributed by atoms with Crippen LogP contribution in [0.15, 0.2) is 6.20 Å². The Hall–Kier alpha value is -1.36. The summed E-state index contributed by atoms with van der Waals surface area (Å²) in [5.74, 6) is 0.894. The van der Waals surface area contributed by atoms with Crippen molar-refractivity contribution in [3.63, 3.8) is 0 Å². The normalized spacial score (nSPS) is 24.9. The number of H-pyrrole nitrogens is 1. The Morgan fingerprint density at radius 2 is 2.17 bits per heavy atom. The molecule has 0 aromatic carbocycles. The molecule has 0 bridgehead atoms. The van der Waals surface area contributed by atoms with E-state index < -0.39 is 0 Å². The van der Waals surface area contributed by atoms with Crippen molar-refractivity contribution >= 4 is 5.91 Å². The van der Waals surface area contributed by atoms with Gasteiger partial charge in [0.25, 0.3) is 5.91 Å². The number of nitrogens with one attached hydrogen (secondary N) is 1. The van der Waals surface area contributed by atoms with Crippen LogP contribution in [-0.4, -0.2) is 57.9 Å². The Kier molecular flexibility index (Phi) is 3.07. The van der Waals surface area contributed by atoms with Crippen LogP contribution >= 0.6 is 0 Å². The van der Waals surface area contributed by atoms with Crippen molar-refractivity contribution in [1.29, 1.82) is 0 Å². The van der Waals surface area contributed by atoms with Crippen LogP contribution in [0.25, 0.3) is 0 Å². The van der Waals surface area contributed by atoms with E-state index in [0.29, 0.717) is 11.7 Å². The van der Waals surface area contributed by atoms with Gasteiger partial charge in [-0.1, -0.05) is 0 Å². The smallest absolute Gasteiger partial charge is 0.271 e. The Morgan fingerprint density at radius 3 is 2.83 bits per heavy atom. The number of carbonyl (C=O) groups excluding carboxylic acids is 1. The predicted molar refractivity (Wildman–Crippen MR) is 68.4 cm³/mol. The average Bonchev–Trinajstić information content (AvgIpc) is 3.09. The van der Waals surface area contributed by atoms with E-state index in [-0.39, 0.29) is 5.91 Å². The van der Waals surface area contributed by atoms with Crippen LogP contribution in [0, 0.1) is 6.92 Å². The molecule has 2 saturated heterocycles. The van der Waals surface area contributed by atoms with Crippen molar-refractivity contribution in [3.05, 3.63) is 17.7 Å². The van der Waals surface area contributed by atoms with Gasteiger partial charge in [0.2, 0.25) is 0 Å². The standard InChI is InChI=1S/C13H20N4O/c1-10-14-8-12(15-10)13(18)17-7-4-11(9-17)16-5-2-3-6-16/h8,11H,2-7,9H2,1H3,(H,14,15). The number of aromatic amines is 1. The fourth-order valence-corrected chi connectivity index (χ4v) is 3.03. The highest BCUT2D eigenvalue weighted by atomic mass is 16.2. The molecular weight excluding hydrogens is 228 g/mol. The molecule has 3 heterocycles. The zero-order valence-electron chi connectivity index (χ0n) is 10.9. The number of hydrogen-bond acceptors (Lipinski definition) is 3. The molecule has 1 N–H and O–H groups in total. The molecule has 0 saturated carbocycles. The number of hydrogen-bond donors (Lipinski definition) is 1. The number of aromatic nitrogens is 2. The van der Waals surface area contributed by atoms with E-state index >= 15 is 0 Å². The highest BCUT2D eigenvalue weighted by Crippen LogP contribution is 2.21. The van der Waals surface area contributed by atoms with Crippen molar-refractivity contribution in [3.8, 4) is 0 Å². The number of rotatable bonds is 2. The van der Waals surface area contributed by atoms with E-state index in [9.17, 15) is 4.79 Å². The van der Waals surface area contributed by atoms with Gasteiger partial charge < -0.3 is 9.88 Å². The van der Waals surface area contributed by atoms with Crippen LogP contribution in [0.5, 0.6) is 0 Å². The van der Waals surface area contributed by atoms with E-state index in [1.165, 1.54) is 25.9 Å². The van der Waals surface area contributed by atoms with E-state index in [0.717, 1.165) is 25.3 Å². The maximum Gasteiger partial charge on any atom is 0.271 e. The molecule has 0 spiro atoms. The molecule has 5 heteroatoms. The Labute approximate surface area is 107 Å². The molecule has 1 unspecified atom stereocenters. The molecular formula is C13H20N4O. The zero-order chi connectivity index (χ0) is 12.5. The first kappa shape index (κ1) is 11.7. The zero-order valence-corrected chi connectivity index (χ0v) is 10.9. The molecule has 2 aliphatic rings. The molecule has 2 fully saturated rings. The van der Waals surface area contributed by atoms with Crippen molar-refractivity contribution in [2.45, 2.75) is 32.2 Å². The third-order valence-electron chi connectivity index (χ3n) is 4.04. The third-order valence-corrected chi connectivity index (χ3v) is 4.04. The molecule has 1 atom stereocenters. The number of nitrogens with zero attached hydrogens (tertiary/aromatic N) is 3. The summed E-state index contributed by atoms with van der Waals surface area (Å²) in [4.78, 5) is 23.9. The van der Waals surface area contributed by atoms with Crippen LogP contribution in [0.3, 0.4) is 0 Å². The van der Waals surface area contributed by atoms with E-state index in [1.807, 2.05) is 11.8 Å². The van der Waals surface area contributed by atoms with Crippen LogP contribution in [-0.2, 0) is 0 Å². The van der Waals surface area contributed by atoms with Crippen molar-refractivity contribution in [2.24, 2.45) is 0 Å². The van der Waals surface area contributed by atoms with Crippen LogP contribution in [0.1, 0.15) is 35.6 Å². The monoisotopic (exact) mass is 248 g/mol. The Morgan fingerprint density at radius 1 is 1.39 bits per heavy atom. The van der Waals surface area contributed by atoms with E-state index in [2.05, 4.69) is 14.9 Å². The van der Waals surface area contributed by atoms with Crippen LogP contribution in [0.2, 0.25) is 0 Å². The fraction of sp³-hybridized carbons (Fsp3) is 0.692. The largest absolute Gasteiger partial charge is 0.338 e. The van der Waals surface area contributed by atoms with Gasteiger partial charge in [0.1, 0.15) is 11.5 Å². The van der Waals surface area contributed by atoms with Crippen molar-refractivity contribution in [1.82, 2.24) is 19.8 Å². The van der Waals surface area contributed by atoms with Gasteiger partial charge in [0.05, 0.1) is 6.20 Å². The molecule has 0 aliphatic carbocycles. The van der Waals surface area contributed by atoms with Gasteiger partial charge in [-0.3, -0.25) is 9.69 Å². The van der Waals surface area contributed by atoms with Gasteiger partial charge in [-0.2, -0.15) is 0 Å².